The number of rotatable bonds is 2. The van der Waals surface area contributed by atoms with Gasteiger partial charge in [-0.1, -0.05) is 11.6 Å². The van der Waals surface area contributed by atoms with E-state index in [0.29, 0.717) is 10.8 Å². The Bertz CT molecular complexity index is 516. The molecule has 0 fully saturated rings. The number of carboxylic acid groups (broad SMARTS) is 1. The predicted octanol–water partition coefficient (Wildman–Crippen LogP) is 0.957. The molecule has 2 heterocycles. The summed E-state index contributed by atoms with van der Waals surface area (Å²) in [5.74, 6) is -1.08. The van der Waals surface area contributed by atoms with E-state index in [1.165, 1.54) is 27.8 Å². The van der Waals surface area contributed by atoms with Crippen molar-refractivity contribution in [2.75, 3.05) is 0 Å². The number of nitrogens with zero attached hydrogens (tertiary/aromatic N) is 4. The Kier molecular flexibility index (Phi) is 2.20. The Morgan fingerprint density at radius 2 is 2.33 bits per heavy atom. The lowest BCUT2D eigenvalue weighted by Gasteiger charge is -1.97. The van der Waals surface area contributed by atoms with Crippen LogP contribution in [0.1, 0.15) is 10.5 Å². The second-order valence-electron chi connectivity index (χ2n) is 2.89. The summed E-state index contributed by atoms with van der Waals surface area (Å²) in [5, 5.41) is 16.8. The fourth-order valence-corrected chi connectivity index (χ4v) is 1.32. The predicted molar refractivity (Wildman–Crippen MR) is 52.3 cm³/mol. The van der Waals surface area contributed by atoms with Crippen molar-refractivity contribution in [2.24, 2.45) is 7.05 Å². The molecule has 0 saturated carbocycles. The molecule has 0 radical (unpaired) electrons. The van der Waals surface area contributed by atoms with Gasteiger partial charge in [0.25, 0.3) is 0 Å². The smallest absolute Gasteiger partial charge is 0.356 e. The summed E-state index contributed by atoms with van der Waals surface area (Å²) in [4.78, 5) is 10.6. The Morgan fingerprint density at radius 3 is 2.80 bits per heavy atom. The number of aromatic nitrogens is 4. The van der Waals surface area contributed by atoms with Gasteiger partial charge in [-0.3, -0.25) is 4.68 Å². The molecule has 0 aliphatic heterocycles. The van der Waals surface area contributed by atoms with E-state index in [0.717, 1.165) is 0 Å². The van der Waals surface area contributed by atoms with Crippen molar-refractivity contribution in [3.05, 3.63) is 29.3 Å². The Hall–Kier alpha value is -1.82. The third-order valence-electron chi connectivity index (χ3n) is 1.90. The molecule has 1 N–H and O–H groups in total. The lowest BCUT2D eigenvalue weighted by atomic mass is 10.4. The van der Waals surface area contributed by atoms with Crippen LogP contribution in [-0.4, -0.2) is 30.6 Å². The van der Waals surface area contributed by atoms with E-state index in [-0.39, 0.29) is 5.69 Å². The Labute approximate surface area is 89.7 Å². The molecule has 6 nitrogen and oxygen atoms in total. The number of aromatic carboxylic acids is 1. The third-order valence-corrected chi connectivity index (χ3v) is 2.34. The average Bonchev–Trinajstić information content (AvgIpc) is 2.76. The van der Waals surface area contributed by atoms with Gasteiger partial charge in [0.05, 0.1) is 6.20 Å². The second-order valence-corrected chi connectivity index (χ2v) is 3.25. The molecule has 15 heavy (non-hydrogen) atoms. The molecule has 0 saturated heterocycles. The first-order valence-electron chi connectivity index (χ1n) is 4.06. The van der Waals surface area contributed by atoms with E-state index in [1.807, 2.05) is 0 Å². The van der Waals surface area contributed by atoms with Crippen LogP contribution >= 0.6 is 11.6 Å². The largest absolute Gasteiger partial charge is 0.476 e. The van der Waals surface area contributed by atoms with Crippen molar-refractivity contribution in [3.8, 4) is 5.69 Å². The number of carbonyl (C=O) groups is 1. The number of halogens is 1. The molecule has 0 amide bonds. The van der Waals surface area contributed by atoms with Crippen LogP contribution in [0.4, 0.5) is 0 Å². The minimum absolute atomic E-state index is 0.0325. The molecule has 0 aromatic carbocycles. The van der Waals surface area contributed by atoms with Crippen molar-refractivity contribution >= 4 is 17.6 Å². The second kappa shape index (κ2) is 3.39. The normalized spacial score (nSPS) is 10.5. The van der Waals surface area contributed by atoms with E-state index in [9.17, 15) is 4.79 Å². The number of hydrogen-bond donors (Lipinski definition) is 1. The van der Waals surface area contributed by atoms with Gasteiger partial charge < -0.3 is 5.11 Å². The zero-order valence-corrected chi connectivity index (χ0v) is 8.51. The Morgan fingerprint density at radius 1 is 1.60 bits per heavy atom. The average molecular weight is 227 g/mol. The van der Waals surface area contributed by atoms with Crippen molar-refractivity contribution in [1.29, 1.82) is 0 Å². The summed E-state index contributed by atoms with van der Waals surface area (Å²) in [6, 6.07) is 1.39. The van der Waals surface area contributed by atoms with Crippen LogP contribution in [0.3, 0.4) is 0 Å². The molecule has 2 aromatic rings. The molecule has 0 aliphatic rings. The van der Waals surface area contributed by atoms with Crippen molar-refractivity contribution in [1.82, 2.24) is 19.6 Å². The molecule has 78 valence electrons. The van der Waals surface area contributed by atoms with E-state index in [4.69, 9.17) is 16.7 Å². The SMILES string of the molecule is Cn1ncc(-n2ccc(C(=O)O)n2)c1Cl. The first kappa shape index (κ1) is 9.72. The van der Waals surface area contributed by atoms with Crippen LogP contribution in [0.25, 0.3) is 5.69 Å². The van der Waals surface area contributed by atoms with Gasteiger partial charge in [0.15, 0.2) is 10.8 Å². The van der Waals surface area contributed by atoms with E-state index in [2.05, 4.69) is 10.2 Å². The fourth-order valence-electron chi connectivity index (χ4n) is 1.14. The maximum absolute atomic E-state index is 10.6. The first-order chi connectivity index (χ1) is 7.09. The van der Waals surface area contributed by atoms with Crippen LogP contribution in [0.5, 0.6) is 0 Å². The van der Waals surface area contributed by atoms with Gasteiger partial charge in [-0.15, -0.1) is 0 Å². The Balaban J connectivity index is 2.46. The molecule has 0 unspecified atom stereocenters. The van der Waals surface area contributed by atoms with E-state index in [1.54, 1.807) is 7.05 Å². The maximum atomic E-state index is 10.6. The molecule has 2 rings (SSSR count). The number of aryl methyl sites for hydroxylation is 1. The van der Waals surface area contributed by atoms with Crippen LogP contribution in [0.2, 0.25) is 5.15 Å². The van der Waals surface area contributed by atoms with E-state index >= 15 is 0 Å². The van der Waals surface area contributed by atoms with Gasteiger partial charge in [-0.2, -0.15) is 10.2 Å². The molecular weight excluding hydrogens is 220 g/mol. The highest BCUT2D eigenvalue weighted by Crippen LogP contribution is 2.18. The van der Waals surface area contributed by atoms with Crippen LogP contribution in [0, 0.1) is 0 Å². The highest BCUT2D eigenvalue weighted by Gasteiger charge is 2.12. The number of carboxylic acids is 1. The van der Waals surface area contributed by atoms with Gasteiger partial charge >= 0.3 is 5.97 Å². The van der Waals surface area contributed by atoms with Crippen molar-refractivity contribution in [3.63, 3.8) is 0 Å². The van der Waals surface area contributed by atoms with Crippen molar-refractivity contribution in [2.45, 2.75) is 0 Å². The molecular formula is C8H7ClN4O2. The minimum Gasteiger partial charge on any atom is -0.476 e. The summed E-state index contributed by atoms with van der Waals surface area (Å²) < 4.78 is 2.85. The molecule has 2 aromatic heterocycles. The van der Waals surface area contributed by atoms with Gasteiger partial charge in [0.1, 0.15) is 5.69 Å². The van der Waals surface area contributed by atoms with Gasteiger partial charge in [0, 0.05) is 13.2 Å². The topological polar surface area (TPSA) is 72.9 Å². The van der Waals surface area contributed by atoms with Crippen LogP contribution in [0.15, 0.2) is 18.5 Å². The quantitative estimate of drug-likeness (QED) is 0.828. The summed E-state index contributed by atoms with van der Waals surface area (Å²) in [6.07, 6.45) is 3.04. The van der Waals surface area contributed by atoms with Crippen LogP contribution < -0.4 is 0 Å². The molecule has 0 bridgehead atoms. The molecule has 0 aliphatic carbocycles. The summed E-state index contributed by atoms with van der Waals surface area (Å²) in [7, 11) is 1.69. The molecule has 7 heteroatoms. The highest BCUT2D eigenvalue weighted by atomic mass is 35.5. The number of hydrogen-bond acceptors (Lipinski definition) is 3. The summed E-state index contributed by atoms with van der Waals surface area (Å²) in [5.41, 5.74) is 0.515. The monoisotopic (exact) mass is 226 g/mol. The zero-order chi connectivity index (χ0) is 11.0. The summed E-state index contributed by atoms with van der Waals surface area (Å²) in [6.45, 7) is 0. The highest BCUT2D eigenvalue weighted by molar-refractivity contribution is 6.31. The van der Waals surface area contributed by atoms with Crippen molar-refractivity contribution < 1.29 is 9.90 Å². The lowest BCUT2D eigenvalue weighted by Crippen LogP contribution is -2.01. The first-order valence-corrected chi connectivity index (χ1v) is 4.44. The van der Waals surface area contributed by atoms with E-state index < -0.39 is 5.97 Å². The fraction of sp³-hybridized carbons (Fsp3) is 0.125. The van der Waals surface area contributed by atoms with Crippen LogP contribution in [-0.2, 0) is 7.05 Å². The third kappa shape index (κ3) is 1.59. The maximum Gasteiger partial charge on any atom is 0.356 e. The van der Waals surface area contributed by atoms with Gasteiger partial charge in [-0.25, -0.2) is 9.48 Å². The molecule has 0 spiro atoms. The molecule has 0 atom stereocenters. The summed E-state index contributed by atoms with van der Waals surface area (Å²) >= 11 is 5.92. The van der Waals surface area contributed by atoms with Gasteiger partial charge in [0.2, 0.25) is 0 Å². The standard InChI is InChI=1S/C8H7ClN4O2/c1-12-7(9)6(4-10-12)13-3-2-5(11-13)8(14)15/h2-4H,1H3,(H,14,15). The lowest BCUT2D eigenvalue weighted by molar-refractivity contribution is 0.0690. The van der Waals surface area contributed by atoms with Gasteiger partial charge in [-0.05, 0) is 6.07 Å². The zero-order valence-electron chi connectivity index (χ0n) is 7.75. The minimum atomic E-state index is -1.08.